The standard InChI is InChI=1S/C12H10O/c1-2-9-4-3-5-10-8-11(13)6-7-12(9)10/h2-8,13H,1H2. The third kappa shape index (κ3) is 1.29. The lowest BCUT2D eigenvalue weighted by atomic mass is 10.0. The maximum atomic E-state index is 9.27. The van der Waals surface area contributed by atoms with Crippen LogP contribution in [-0.4, -0.2) is 5.11 Å². The molecule has 0 saturated heterocycles. The van der Waals surface area contributed by atoms with Gasteiger partial charge in [-0.15, -0.1) is 0 Å². The summed E-state index contributed by atoms with van der Waals surface area (Å²) in [6.07, 6.45) is 1.82. The molecule has 1 N–H and O–H groups in total. The Bertz CT molecular complexity index is 458. The minimum atomic E-state index is 0.300. The minimum absolute atomic E-state index is 0.300. The largest absolute Gasteiger partial charge is 0.508 e. The van der Waals surface area contributed by atoms with Gasteiger partial charge in [0.25, 0.3) is 0 Å². The van der Waals surface area contributed by atoms with E-state index in [4.69, 9.17) is 0 Å². The second-order valence-electron chi connectivity index (χ2n) is 2.96. The van der Waals surface area contributed by atoms with Crippen LogP contribution < -0.4 is 0 Å². The predicted molar refractivity (Wildman–Crippen MR) is 55.7 cm³/mol. The van der Waals surface area contributed by atoms with E-state index in [9.17, 15) is 5.11 Å². The van der Waals surface area contributed by atoms with Crippen molar-refractivity contribution >= 4 is 16.8 Å². The molecule has 2 aromatic carbocycles. The van der Waals surface area contributed by atoms with E-state index in [1.807, 2.05) is 30.3 Å². The van der Waals surface area contributed by atoms with Crippen LogP contribution >= 0.6 is 0 Å². The SMILES string of the molecule is C=Cc1cccc2cc(O)ccc12. The third-order valence-electron chi connectivity index (χ3n) is 2.12. The van der Waals surface area contributed by atoms with Gasteiger partial charge in [0.1, 0.15) is 5.75 Å². The first-order valence-corrected chi connectivity index (χ1v) is 4.15. The van der Waals surface area contributed by atoms with Crippen LogP contribution in [0.15, 0.2) is 43.0 Å². The molecule has 0 fully saturated rings. The summed E-state index contributed by atoms with van der Waals surface area (Å²) >= 11 is 0. The van der Waals surface area contributed by atoms with Crippen LogP contribution in [0.2, 0.25) is 0 Å². The maximum Gasteiger partial charge on any atom is 0.116 e. The Balaban J connectivity index is 2.84. The number of rotatable bonds is 1. The quantitative estimate of drug-likeness (QED) is 0.696. The topological polar surface area (TPSA) is 20.2 Å². The number of aromatic hydroxyl groups is 1. The molecule has 1 heteroatoms. The fourth-order valence-electron chi connectivity index (χ4n) is 1.47. The molecule has 2 aromatic rings. The Morgan fingerprint density at radius 1 is 1.15 bits per heavy atom. The first kappa shape index (κ1) is 7.87. The average Bonchev–Trinajstić information content (AvgIpc) is 2.16. The average molecular weight is 170 g/mol. The van der Waals surface area contributed by atoms with Crippen molar-refractivity contribution in [3.63, 3.8) is 0 Å². The number of benzene rings is 2. The van der Waals surface area contributed by atoms with Crippen LogP contribution in [0.4, 0.5) is 0 Å². The minimum Gasteiger partial charge on any atom is -0.508 e. The molecule has 0 heterocycles. The molecule has 0 aromatic heterocycles. The first-order chi connectivity index (χ1) is 6.31. The second kappa shape index (κ2) is 2.94. The molecular formula is C12H10O. The summed E-state index contributed by atoms with van der Waals surface area (Å²) in [4.78, 5) is 0. The molecule has 0 bridgehead atoms. The fourth-order valence-corrected chi connectivity index (χ4v) is 1.47. The number of hydrogen-bond donors (Lipinski definition) is 1. The van der Waals surface area contributed by atoms with Crippen molar-refractivity contribution in [1.29, 1.82) is 0 Å². The van der Waals surface area contributed by atoms with Crippen LogP contribution in [-0.2, 0) is 0 Å². The zero-order valence-electron chi connectivity index (χ0n) is 7.20. The molecule has 0 amide bonds. The second-order valence-corrected chi connectivity index (χ2v) is 2.96. The fraction of sp³-hybridized carbons (Fsp3) is 0. The summed E-state index contributed by atoms with van der Waals surface area (Å²) in [5, 5.41) is 11.4. The van der Waals surface area contributed by atoms with Crippen molar-refractivity contribution in [2.24, 2.45) is 0 Å². The molecule has 2 rings (SSSR count). The molecule has 0 unspecified atom stereocenters. The van der Waals surface area contributed by atoms with Crippen LogP contribution in [0.3, 0.4) is 0 Å². The van der Waals surface area contributed by atoms with Crippen molar-refractivity contribution in [3.05, 3.63) is 48.5 Å². The van der Waals surface area contributed by atoms with Crippen LogP contribution in [0, 0.1) is 0 Å². The van der Waals surface area contributed by atoms with Gasteiger partial charge in [-0.1, -0.05) is 36.9 Å². The smallest absolute Gasteiger partial charge is 0.116 e. The van der Waals surface area contributed by atoms with Crippen LogP contribution in [0.1, 0.15) is 5.56 Å². The van der Waals surface area contributed by atoms with E-state index >= 15 is 0 Å². The number of phenolic OH excluding ortho intramolecular Hbond substituents is 1. The maximum absolute atomic E-state index is 9.27. The highest BCUT2D eigenvalue weighted by atomic mass is 16.3. The van der Waals surface area contributed by atoms with E-state index < -0.39 is 0 Å². The van der Waals surface area contributed by atoms with E-state index in [-0.39, 0.29) is 0 Å². The normalized spacial score (nSPS) is 10.2. The van der Waals surface area contributed by atoms with Crippen LogP contribution in [0.25, 0.3) is 16.8 Å². The third-order valence-corrected chi connectivity index (χ3v) is 2.12. The Labute approximate surface area is 76.9 Å². The predicted octanol–water partition coefficient (Wildman–Crippen LogP) is 3.19. The van der Waals surface area contributed by atoms with Crippen molar-refractivity contribution in [3.8, 4) is 5.75 Å². The molecular weight excluding hydrogens is 160 g/mol. The monoisotopic (exact) mass is 170 g/mol. The Kier molecular flexibility index (Phi) is 1.78. The zero-order chi connectivity index (χ0) is 9.26. The molecule has 0 aliphatic heterocycles. The highest BCUT2D eigenvalue weighted by molar-refractivity contribution is 5.91. The molecule has 0 radical (unpaired) electrons. The molecule has 1 nitrogen and oxygen atoms in total. The van der Waals surface area contributed by atoms with Crippen LogP contribution in [0.5, 0.6) is 5.75 Å². The van der Waals surface area contributed by atoms with Gasteiger partial charge >= 0.3 is 0 Å². The molecule has 0 spiro atoms. The van der Waals surface area contributed by atoms with Crippen molar-refractivity contribution in [2.75, 3.05) is 0 Å². The van der Waals surface area contributed by atoms with Gasteiger partial charge in [0.15, 0.2) is 0 Å². The highest BCUT2D eigenvalue weighted by Crippen LogP contribution is 2.23. The number of fused-ring (bicyclic) bond motifs is 1. The summed E-state index contributed by atoms with van der Waals surface area (Å²) in [7, 11) is 0. The Morgan fingerprint density at radius 2 is 2.00 bits per heavy atom. The van der Waals surface area contributed by atoms with Gasteiger partial charge in [-0.25, -0.2) is 0 Å². The van der Waals surface area contributed by atoms with Gasteiger partial charge in [-0.2, -0.15) is 0 Å². The van der Waals surface area contributed by atoms with E-state index in [2.05, 4.69) is 6.58 Å². The van der Waals surface area contributed by atoms with E-state index in [0.29, 0.717) is 5.75 Å². The molecule has 64 valence electrons. The number of hydrogen-bond acceptors (Lipinski definition) is 1. The summed E-state index contributed by atoms with van der Waals surface area (Å²) < 4.78 is 0. The zero-order valence-corrected chi connectivity index (χ0v) is 7.20. The van der Waals surface area contributed by atoms with Gasteiger partial charge < -0.3 is 5.11 Å². The number of phenols is 1. The van der Waals surface area contributed by atoms with Gasteiger partial charge in [0.2, 0.25) is 0 Å². The summed E-state index contributed by atoms with van der Waals surface area (Å²) in [5.41, 5.74) is 1.09. The molecule has 0 aliphatic carbocycles. The van der Waals surface area contributed by atoms with Crippen molar-refractivity contribution in [1.82, 2.24) is 0 Å². The van der Waals surface area contributed by atoms with Crippen molar-refractivity contribution < 1.29 is 5.11 Å². The van der Waals surface area contributed by atoms with Crippen molar-refractivity contribution in [2.45, 2.75) is 0 Å². The summed E-state index contributed by atoms with van der Waals surface area (Å²) in [6.45, 7) is 3.74. The molecule has 0 aliphatic rings. The van der Waals surface area contributed by atoms with E-state index in [1.54, 1.807) is 12.1 Å². The Hall–Kier alpha value is -1.76. The summed E-state index contributed by atoms with van der Waals surface area (Å²) in [6, 6.07) is 11.3. The molecule has 13 heavy (non-hydrogen) atoms. The van der Waals surface area contributed by atoms with Gasteiger partial charge in [-0.05, 0) is 28.5 Å². The van der Waals surface area contributed by atoms with Gasteiger partial charge in [-0.3, -0.25) is 0 Å². The molecule has 0 saturated carbocycles. The highest BCUT2D eigenvalue weighted by Gasteiger charge is 1.97. The lowest BCUT2D eigenvalue weighted by Crippen LogP contribution is -1.76. The molecule has 0 atom stereocenters. The first-order valence-electron chi connectivity index (χ1n) is 4.15. The van der Waals surface area contributed by atoms with E-state index in [1.165, 1.54) is 0 Å². The lowest BCUT2D eigenvalue weighted by molar-refractivity contribution is 0.476. The summed E-state index contributed by atoms with van der Waals surface area (Å²) in [5.74, 6) is 0.300. The van der Waals surface area contributed by atoms with Gasteiger partial charge in [0.05, 0.1) is 0 Å². The lowest BCUT2D eigenvalue weighted by Gasteiger charge is -2.01. The van der Waals surface area contributed by atoms with Gasteiger partial charge in [0, 0.05) is 0 Å². The van der Waals surface area contributed by atoms with E-state index in [0.717, 1.165) is 16.3 Å². The Morgan fingerprint density at radius 3 is 2.77 bits per heavy atom.